The van der Waals surface area contributed by atoms with E-state index in [1.165, 1.54) is 120 Å². The number of benzene rings is 12. The molecule has 0 N–H and O–H groups in total. The fraction of sp³-hybridized carbons (Fsp3) is 0.0270. The number of fused-ring (bicyclic) bond motifs is 3. The Morgan fingerprint density at radius 1 is 0.276 bits per heavy atom. The third-order valence-corrected chi connectivity index (χ3v) is 21.5. The van der Waals surface area contributed by atoms with Gasteiger partial charge in [-0.25, -0.2) is 0 Å². The molecule has 1 aromatic heterocycles. The molecule has 13 aromatic rings. The molecule has 2 heteroatoms. The van der Waals surface area contributed by atoms with E-state index in [9.17, 15) is 0 Å². The number of hydrogen-bond donors (Lipinski definition) is 0. The minimum atomic E-state index is -3.23. The zero-order chi connectivity index (χ0) is 50.2. The van der Waals surface area contributed by atoms with Gasteiger partial charge in [-0.05, 0) is 123 Å². The summed E-state index contributed by atoms with van der Waals surface area (Å²) in [7, 11) is -3.23. The van der Waals surface area contributed by atoms with Crippen LogP contribution >= 0.6 is 0 Å². The van der Waals surface area contributed by atoms with Gasteiger partial charge < -0.3 is 4.57 Å². The van der Waals surface area contributed by atoms with Gasteiger partial charge in [-0.15, -0.1) is 0 Å². The van der Waals surface area contributed by atoms with E-state index in [0.717, 1.165) is 5.69 Å². The second-order valence-electron chi connectivity index (χ2n) is 20.6. The SMILES string of the molecule is c1ccc(-c2cccc([Si](c3ccccc3)(c3cccc(-c4ccccc4)c3)c3cccc4c3C3c5ccccc5C4c4cccc(-c5ccccc5-c5cccc6c5c5ccccc5n6-c5ccccc5)c43)c2)cc1. The van der Waals surface area contributed by atoms with Gasteiger partial charge in [0.15, 0.2) is 8.07 Å². The summed E-state index contributed by atoms with van der Waals surface area (Å²) in [6.45, 7) is 0. The highest BCUT2D eigenvalue weighted by atomic mass is 28.3. The predicted molar refractivity (Wildman–Crippen MR) is 321 cm³/mol. The Kier molecular flexibility index (Phi) is 10.4. The first-order valence-corrected chi connectivity index (χ1v) is 28.7. The fourth-order valence-corrected chi connectivity index (χ4v) is 18.8. The predicted octanol–water partition coefficient (Wildman–Crippen LogP) is 15.8. The molecule has 2 atom stereocenters. The van der Waals surface area contributed by atoms with Crippen molar-refractivity contribution in [3.05, 3.63) is 331 Å². The largest absolute Gasteiger partial charge is 0.309 e. The van der Waals surface area contributed by atoms with Gasteiger partial charge in [0.05, 0.1) is 11.0 Å². The maximum Gasteiger partial charge on any atom is 0.179 e. The Morgan fingerprint density at radius 3 is 1.38 bits per heavy atom. The molecule has 0 spiro atoms. The summed E-state index contributed by atoms with van der Waals surface area (Å²) >= 11 is 0. The first kappa shape index (κ1) is 44.2. The lowest BCUT2D eigenvalue weighted by Gasteiger charge is -2.47. The Balaban J connectivity index is 1.02. The van der Waals surface area contributed by atoms with Crippen molar-refractivity contribution >= 4 is 50.6 Å². The highest BCUT2D eigenvalue weighted by molar-refractivity contribution is 7.20. The van der Waals surface area contributed by atoms with Gasteiger partial charge in [-0.2, -0.15) is 0 Å². The van der Waals surface area contributed by atoms with E-state index < -0.39 is 8.07 Å². The van der Waals surface area contributed by atoms with Crippen LogP contribution in [0.15, 0.2) is 297 Å². The van der Waals surface area contributed by atoms with Gasteiger partial charge in [-0.1, -0.05) is 273 Å². The van der Waals surface area contributed by atoms with E-state index in [0.29, 0.717) is 0 Å². The Hall–Kier alpha value is -9.34. The zero-order valence-electron chi connectivity index (χ0n) is 41.9. The molecule has 0 fully saturated rings. The van der Waals surface area contributed by atoms with E-state index in [-0.39, 0.29) is 11.8 Å². The average Bonchev–Trinajstić information content (AvgIpc) is 4.01. The quantitative estimate of drug-likeness (QED) is 0.100. The van der Waals surface area contributed by atoms with Gasteiger partial charge in [0.25, 0.3) is 0 Å². The highest BCUT2D eigenvalue weighted by Gasteiger charge is 2.50. The molecule has 2 unspecified atom stereocenters. The Morgan fingerprint density at radius 2 is 0.711 bits per heavy atom. The zero-order valence-corrected chi connectivity index (χ0v) is 42.9. The van der Waals surface area contributed by atoms with Crippen LogP contribution in [0.2, 0.25) is 0 Å². The molecule has 0 saturated heterocycles. The van der Waals surface area contributed by atoms with Gasteiger partial charge in [-0.3, -0.25) is 0 Å². The van der Waals surface area contributed by atoms with Crippen molar-refractivity contribution in [3.8, 4) is 50.2 Å². The average molecular weight is 982 g/mol. The molecule has 0 aliphatic heterocycles. The van der Waals surface area contributed by atoms with Crippen LogP contribution in [0.4, 0.5) is 0 Å². The highest BCUT2D eigenvalue weighted by Crippen LogP contribution is 2.58. The number of hydrogen-bond acceptors (Lipinski definition) is 0. The molecule has 0 amide bonds. The van der Waals surface area contributed by atoms with E-state index in [2.05, 4.69) is 302 Å². The van der Waals surface area contributed by atoms with Crippen LogP contribution in [0, 0.1) is 0 Å². The second-order valence-corrected chi connectivity index (χ2v) is 24.3. The summed E-state index contributed by atoms with van der Waals surface area (Å²) in [5.74, 6) is 0.0203. The number of para-hydroxylation sites is 2. The van der Waals surface area contributed by atoms with Crippen LogP contribution in [-0.4, -0.2) is 12.6 Å². The fourth-order valence-electron chi connectivity index (χ4n) is 13.7. The normalized spacial score (nSPS) is 14.3. The van der Waals surface area contributed by atoms with Crippen LogP contribution in [0.3, 0.4) is 0 Å². The molecule has 0 radical (unpaired) electrons. The van der Waals surface area contributed by atoms with Crippen molar-refractivity contribution in [1.82, 2.24) is 4.57 Å². The molecule has 76 heavy (non-hydrogen) atoms. The van der Waals surface area contributed by atoms with Crippen molar-refractivity contribution in [1.29, 1.82) is 0 Å². The molecule has 356 valence electrons. The standard InChI is InChI=1S/C74H51NSi/c1-5-24-50(25-6-1)52-28-19-34-56(48-52)76(55-32-11-4-12-33-55,57-35-20-29-53(49-57)51-26-7-2-8-27-51)69-47-23-44-66-70-62-38-15-16-39-63(62)74(73(66)69)72-61(41-21-43-65(70)72)59-37-14-13-36-58(59)60-42-22-46-68-71(60)64-40-17-18-45-67(64)75(68)54-30-9-3-10-31-54/h1-49,70,74H. The monoisotopic (exact) mass is 981 g/mol. The second kappa shape index (κ2) is 18.0. The summed E-state index contributed by atoms with van der Waals surface area (Å²) < 4.78 is 2.43. The third kappa shape index (κ3) is 6.71. The Labute approximate surface area is 445 Å². The van der Waals surface area contributed by atoms with Gasteiger partial charge >= 0.3 is 0 Å². The third-order valence-electron chi connectivity index (χ3n) is 16.7. The van der Waals surface area contributed by atoms with E-state index in [1.54, 1.807) is 0 Å². The minimum Gasteiger partial charge on any atom is -0.309 e. The van der Waals surface area contributed by atoms with Crippen LogP contribution < -0.4 is 20.7 Å². The van der Waals surface area contributed by atoms with E-state index >= 15 is 0 Å². The van der Waals surface area contributed by atoms with Crippen LogP contribution in [-0.2, 0) is 0 Å². The van der Waals surface area contributed by atoms with E-state index in [1.807, 2.05) is 0 Å². The number of nitrogens with zero attached hydrogens (tertiary/aromatic N) is 1. The Bertz CT molecular complexity index is 4260. The lowest BCUT2D eigenvalue weighted by atomic mass is 9.60. The number of rotatable bonds is 9. The van der Waals surface area contributed by atoms with Crippen LogP contribution in [0.25, 0.3) is 72.0 Å². The maximum atomic E-state index is 2.53. The van der Waals surface area contributed by atoms with Crippen molar-refractivity contribution < 1.29 is 0 Å². The molecule has 3 aliphatic rings. The topological polar surface area (TPSA) is 4.93 Å². The first-order chi connectivity index (χ1) is 37.8. The summed E-state index contributed by atoms with van der Waals surface area (Å²) in [5.41, 5.74) is 22.0. The van der Waals surface area contributed by atoms with Gasteiger partial charge in [0.1, 0.15) is 0 Å². The van der Waals surface area contributed by atoms with E-state index in [4.69, 9.17) is 0 Å². The molecule has 1 heterocycles. The van der Waals surface area contributed by atoms with Crippen molar-refractivity contribution in [3.63, 3.8) is 0 Å². The summed E-state index contributed by atoms with van der Waals surface area (Å²) in [6.07, 6.45) is 0. The molecule has 3 aliphatic carbocycles. The smallest absolute Gasteiger partial charge is 0.179 e. The maximum absolute atomic E-state index is 3.23. The van der Waals surface area contributed by atoms with Crippen molar-refractivity contribution in [2.75, 3.05) is 0 Å². The molecule has 1 nitrogen and oxygen atoms in total. The number of aromatic nitrogens is 1. The lowest BCUT2D eigenvalue weighted by Crippen LogP contribution is -2.75. The summed E-state index contributed by atoms with van der Waals surface area (Å²) in [6, 6.07) is 112. The molecular weight excluding hydrogens is 931 g/mol. The minimum absolute atomic E-state index is 0.0346. The lowest BCUT2D eigenvalue weighted by molar-refractivity contribution is 0.760. The molecule has 2 bridgehead atoms. The van der Waals surface area contributed by atoms with Crippen LogP contribution in [0.5, 0.6) is 0 Å². The van der Waals surface area contributed by atoms with Gasteiger partial charge in [0, 0.05) is 28.3 Å². The molecule has 16 rings (SSSR count). The molecule has 0 saturated carbocycles. The van der Waals surface area contributed by atoms with Crippen molar-refractivity contribution in [2.45, 2.75) is 11.8 Å². The van der Waals surface area contributed by atoms with Crippen LogP contribution in [0.1, 0.15) is 45.2 Å². The van der Waals surface area contributed by atoms with Crippen molar-refractivity contribution in [2.24, 2.45) is 0 Å². The molecule has 12 aromatic carbocycles. The molecular formula is C74H51NSi. The summed E-state index contributed by atoms with van der Waals surface area (Å²) in [4.78, 5) is 0. The van der Waals surface area contributed by atoms with Gasteiger partial charge in [0.2, 0.25) is 0 Å². The first-order valence-electron chi connectivity index (χ1n) is 26.7. The summed E-state index contributed by atoms with van der Waals surface area (Å²) in [5, 5.41) is 8.08.